The van der Waals surface area contributed by atoms with Crippen molar-refractivity contribution in [2.75, 3.05) is 19.8 Å². The highest BCUT2D eigenvalue weighted by atomic mass is 16.5. The summed E-state index contributed by atoms with van der Waals surface area (Å²) < 4.78 is 17.6. The molecule has 3 aromatic rings. The Morgan fingerprint density at radius 1 is 1.06 bits per heavy atom. The van der Waals surface area contributed by atoms with E-state index in [1.165, 1.54) is 0 Å². The van der Waals surface area contributed by atoms with E-state index in [0.717, 1.165) is 28.0 Å². The molecule has 1 fully saturated rings. The van der Waals surface area contributed by atoms with Crippen LogP contribution in [0.3, 0.4) is 0 Å². The van der Waals surface area contributed by atoms with Crippen molar-refractivity contribution in [1.82, 2.24) is 0 Å². The zero-order chi connectivity index (χ0) is 24.1. The Hall–Kier alpha value is -3.35. The van der Waals surface area contributed by atoms with Gasteiger partial charge in [0.2, 0.25) is 0 Å². The fourth-order valence-electron chi connectivity index (χ4n) is 3.90. The third-order valence-electron chi connectivity index (χ3n) is 5.91. The quantitative estimate of drug-likeness (QED) is 0.442. The minimum absolute atomic E-state index is 0.0251. The average molecular weight is 462 g/mol. The standard InChI is InChI=1S/C28H31NO5/c1-19(29)21-7-5-8-22(12-21)24-10-20(11-25(13-24)34-18-28(2)16-32-17-28)15-33-26-9-4-3-6-23(26)14-27(30)31/h3-13,19H,14-18,29H2,1-2H3,(H,30,31). The SMILES string of the molecule is CC(N)c1cccc(-c2cc(COc3ccccc3CC(=O)O)cc(OCC3(C)COC3)c2)c1. The van der Waals surface area contributed by atoms with Gasteiger partial charge in [0.15, 0.2) is 0 Å². The van der Waals surface area contributed by atoms with Crippen molar-refractivity contribution in [1.29, 1.82) is 0 Å². The molecule has 1 heterocycles. The molecule has 0 radical (unpaired) electrons. The zero-order valence-corrected chi connectivity index (χ0v) is 19.6. The molecule has 4 rings (SSSR count). The van der Waals surface area contributed by atoms with E-state index in [2.05, 4.69) is 25.1 Å². The highest BCUT2D eigenvalue weighted by molar-refractivity contribution is 5.71. The minimum Gasteiger partial charge on any atom is -0.493 e. The van der Waals surface area contributed by atoms with Crippen molar-refractivity contribution in [2.45, 2.75) is 32.9 Å². The molecule has 0 amide bonds. The molecular weight excluding hydrogens is 430 g/mol. The summed E-state index contributed by atoms with van der Waals surface area (Å²) in [5, 5.41) is 9.20. The first-order valence-corrected chi connectivity index (χ1v) is 11.4. The van der Waals surface area contributed by atoms with Crippen LogP contribution in [-0.2, 0) is 22.6 Å². The first-order valence-electron chi connectivity index (χ1n) is 11.4. The molecule has 6 heteroatoms. The Morgan fingerprint density at radius 2 is 1.85 bits per heavy atom. The molecule has 1 atom stereocenters. The molecule has 1 aliphatic rings. The Balaban J connectivity index is 1.61. The number of benzene rings is 3. The van der Waals surface area contributed by atoms with E-state index in [0.29, 0.717) is 31.1 Å². The van der Waals surface area contributed by atoms with Gasteiger partial charge in [-0.1, -0.05) is 43.3 Å². The van der Waals surface area contributed by atoms with Crippen LogP contribution in [0.1, 0.15) is 36.6 Å². The molecule has 0 spiro atoms. The van der Waals surface area contributed by atoms with Crippen LogP contribution in [0.4, 0.5) is 0 Å². The second-order valence-electron chi connectivity index (χ2n) is 9.34. The van der Waals surface area contributed by atoms with E-state index < -0.39 is 5.97 Å². The highest BCUT2D eigenvalue weighted by Gasteiger charge is 2.34. The number of ether oxygens (including phenoxy) is 3. The summed E-state index contributed by atoms with van der Waals surface area (Å²) >= 11 is 0. The molecule has 1 saturated heterocycles. The maximum Gasteiger partial charge on any atom is 0.307 e. The molecule has 6 nitrogen and oxygen atoms in total. The number of hydrogen-bond acceptors (Lipinski definition) is 5. The molecule has 34 heavy (non-hydrogen) atoms. The molecular formula is C28H31NO5. The summed E-state index contributed by atoms with van der Waals surface area (Å²) in [5.41, 5.74) is 10.8. The topological polar surface area (TPSA) is 91.0 Å². The van der Waals surface area contributed by atoms with Gasteiger partial charge in [0.05, 0.1) is 26.2 Å². The van der Waals surface area contributed by atoms with Gasteiger partial charge >= 0.3 is 5.97 Å². The minimum atomic E-state index is -0.892. The number of carboxylic acid groups (broad SMARTS) is 1. The van der Waals surface area contributed by atoms with Gasteiger partial charge in [-0.3, -0.25) is 4.79 Å². The maximum absolute atomic E-state index is 11.2. The molecule has 1 unspecified atom stereocenters. The van der Waals surface area contributed by atoms with E-state index in [4.69, 9.17) is 19.9 Å². The van der Waals surface area contributed by atoms with Crippen LogP contribution in [0.15, 0.2) is 66.7 Å². The molecule has 0 aliphatic carbocycles. The molecule has 0 saturated carbocycles. The van der Waals surface area contributed by atoms with Crippen LogP contribution in [0, 0.1) is 5.41 Å². The van der Waals surface area contributed by atoms with Gasteiger partial charge in [-0.2, -0.15) is 0 Å². The summed E-state index contributed by atoms with van der Waals surface area (Å²) in [6.07, 6.45) is -0.0880. The Kier molecular flexibility index (Phi) is 7.20. The predicted molar refractivity (Wildman–Crippen MR) is 131 cm³/mol. The van der Waals surface area contributed by atoms with Crippen LogP contribution in [-0.4, -0.2) is 30.9 Å². The fraction of sp³-hybridized carbons (Fsp3) is 0.321. The van der Waals surface area contributed by atoms with Crippen LogP contribution in [0.25, 0.3) is 11.1 Å². The summed E-state index contributed by atoms with van der Waals surface area (Å²) in [5.74, 6) is 0.432. The second-order valence-corrected chi connectivity index (χ2v) is 9.34. The lowest BCUT2D eigenvalue weighted by Gasteiger charge is -2.37. The smallest absolute Gasteiger partial charge is 0.307 e. The fourth-order valence-corrected chi connectivity index (χ4v) is 3.90. The van der Waals surface area contributed by atoms with Crippen LogP contribution < -0.4 is 15.2 Å². The number of para-hydroxylation sites is 1. The largest absolute Gasteiger partial charge is 0.493 e. The Labute approximate surface area is 200 Å². The van der Waals surface area contributed by atoms with Gasteiger partial charge in [0.25, 0.3) is 0 Å². The van der Waals surface area contributed by atoms with Crippen LogP contribution >= 0.6 is 0 Å². The van der Waals surface area contributed by atoms with Crippen molar-refractivity contribution in [3.63, 3.8) is 0 Å². The van der Waals surface area contributed by atoms with Crippen molar-refractivity contribution in [3.05, 3.63) is 83.4 Å². The van der Waals surface area contributed by atoms with Gasteiger partial charge < -0.3 is 25.1 Å². The number of carboxylic acids is 1. The maximum atomic E-state index is 11.2. The van der Waals surface area contributed by atoms with E-state index >= 15 is 0 Å². The van der Waals surface area contributed by atoms with Crippen LogP contribution in [0.5, 0.6) is 11.5 Å². The van der Waals surface area contributed by atoms with Gasteiger partial charge in [-0.05, 0) is 59.5 Å². The van der Waals surface area contributed by atoms with Crippen LogP contribution in [0.2, 0.25) is 0 Å². The molecule has 0 aromatic heterocycles. The van der Waals surface area contributed by atoms with E-state index in [9.17, 15) is 9.90 Å². The number of carbonyl (C=O) groups is 1. The predicted octanol–water partition coefficient (Wildman–Crippen LogP) is 4.99. The number of aliphatic carboxylic acids is 1. The molecule has 3 N–H and O–H groups in total. The second kappa shape index (κ2) is 10.3. The molecule has 3 aromatic carbocycles. The Bertz CT molecular complexity index is 1150. The summed E-state index contributed by atoms with van der Waals surface area (Å²) in [6, 6.07) is 21.4. The lowest BCUT2D eigenvalue weighted by Crippen LogP contribution is -2.44. The first-order chi connectivity index (χ1) is 16.3. The van der Waals surface area contributed by atoms with Gasteiger partial charge in [0.1, 0.15) is 18.1 Å². The van der Waals surface area contributed by atoms with Gasteiger partial charge in [0, 0.05) is 17.0 Å². The number of rotatable bonds is 10. The van der Waals surface area contributed by atoms with E-state index in [1.807, 2.05) is 43.3 Å². The third kappa shape index (κ3) is 5.95. The normalized spacial score (nSPS) is 15.3. The van der Waals surface area contributed by atoms with E-state index in [-0.39, 0.29) is 24.5 Å². The van der Waals surface area contributed by atoms with Crippen molar-refractivity contribution in [2.24, 2.45) is 11.1 Å². The molecule has 1 aliphatic heterocycles. The molecule has 0 bridgehead atoms. The Morgan fingerprint density at radius 3 is 2.56 bits per heavy atom. The first kappa shape index (κ1) is 23.8. The van der Waals surface area contributed by atoms with Crippen molar-refractivity contribution < 1.29 is 24.1 Å². The number of hydrogen-bond donors (Lipinski definition) is 2. The third-order valence-corrected chi connectivity index (χ3v) is 5.91. The average Bonchev–Trinajstić information content (AvgIpc) is 2.80. The number of nitrogens with two attached hydrogens (primary N) is 1. The van der Waals surface area contributed by atoms with Crippen molar-refractivity contribution in [3.8, 4) is 22.6 Å². The summed E-state index contributed by atoms with van der Waals surface area (Å²) in [4.78, 5) is 11.2. The van der Waals surface area contributed by atoms with E-state index in [1.54, 1.807) is 12.1 Å². The van der Waals surface area contributed by atoms with Crippen molar-refractivity contribution >= 4 is 5.97 Å². The zero-order valence-electron chi connectivity index (χ0n) is 19.6. The van der Waals surface area contributed by atoms with Gasteiger partial charge in [-0.25, -0.2) is 0 Å². The molecule has 178 valence electrons. The summed E-state index contributed by atoms with van der Waals surface area (Å²) in [7, 11) is 0. The monoisotopic (exact) mass is 461 g/mol. The highest BCUT2D eigenvalue weighted by Crippen LogP contribution is 2.32. The summed E-state index contributed by atoms with van der Waals surface area (Å²) in [6.45, 7) is 6.36. The lowest BCUT2D eigenvalue weighted by molar-refractivity contribution is -0.136. The lowest BCUT2D eigenvalue weighted by atomic mass is 9.90. The van der Waals surface area contributed by atoms with Gasteiger partial charge in [-0.15, -0.1) is 0 Å².